The van der Waals surface area contributed by atoms with Crippen molar-refractivity contribution in [3.05, 3.63) is 77.0 Å². The van der Waals surface area contributed by atoms with Gasteiger partial charge in [0.15, 0.2) is 6.04 Å². The molecule has 1 amide bonds. The second-order valence-electron chi connectivity index (χ2n) is 7.78. The van der Waals surface area contributed by atoms with Crippen LogP contribution in [0.25, 0.3) is 0 Å². The molecule has 3 aromatic rings. The number of aryl methyl sites for hydroxylation is 1. The molecule has 2 heterocycles. The standard InChI is InChI=1S/C22H18F6N4O/c1-12-5-7-13(8-6-12)17-10-18(22(26,27)28)32-19(31-17)16(11-29-32)20(33)30-15-4-2-3-14(9-15)21(23,24)25/h2-9,11,17-18,31H,10H2,1H3,(H,30,33). The highest BCUT2D eigenvalue weighted by Gasteiger charge is 2.47. The average molecular weight is 468 g/mol. The van der Waals surface area contributed by atoms with Gasteiger partial charge in [0.1, 0.15) is 11.4 Å². The Morgan fingerprint density at radius 1 is 1.09 bits per heavy atom. The number of hydrogen-bond donors (Lipinski definition) is 2. The summed E-state index contributed by atoms with van der Waals surface area (Å²) in [4.78, 5) is 12.8. The van der Waals surface area contributed by atoms with Crippen molar-refractivity contribution in [2.45, 2.75) is 37.8 Å². The van der Waals surface area contributed by atoms with E-state index in [0.29, 0.717) is 10.2 Å². The first-order valence-electron chi connectivity index (χ1n) is 9.89. The van der Waals surface area contributed by atoms with Gasteiger partial charge in [-0.05, 0) is 30.7 Å². The van der Waals surface area contributed by atoms with E-state index in [1.807, 2.05) is 6.92 Å². The number of fused-ring (bicyclic) bond motifs is 1. The molecule has 0 spiro atoms. The molecule has 2 unspecified atom stereocenters. The summed E-state index contributed by atoms with van der Waals surface area (Å²) in [6.07, 6.45) is -8.60. The fourth-order valence-electron chi connectivity index (χ4n) is 3.72. The van der Waals surface area contributed by atoms with E-state index in [0.717, 1.165) is 30.0 Å². The van der Waals surface area contributed by atoms with Gasteiger partial charge in [-0.1, -0.05) is 35.9 Å². The predicted molar refractivity (Wildman–Crippen MR) is 109 cm³/mol. The number of alkyl halides is 6. The highest BCUT2D eigenvalue weighted by atomic mass is 19.4. The lowest BCUT2D eigenvalue weighted by molar-refractivity contribution is -0.173. The van der Waals surface area contributed by atoms with Gasteiger partial charge in [0, 0.05) is 12.1 Å². The van der Waals surface area contributed by atoms with Gasteiger partial charge in [0.05, 0.1) is 17.8 Å². The molecule has 11 heteroatoms. The third-order valence-corrected chi connectivity index (χ3v) is 5.41. The number of amides is 1. The van der Waals surface area contributed by atoms with Gasteiger partial charge in [-0.3, -0.25) is 4.79 Å². The molecule has 33 heavy (non-hydrogen) atoms. The maximum Gasteiger partial charge on any atom is 0.416 e. The van der Waals surface area contributed by atoms with Crippen LogP contribution < -0.4 is 10.6 Å². The van der Waals surface area contributed by atoms with Crippen molar-refractivity contribution in [1.29, 1.82) is 0 Å². The molecule has 0 saturated heterocycles. The van der Waals surface area contributed by atoms with Crippen LogP contribution in [0.2, 0.25) is 0 Å². The number of hydrogen-bond acceptors (Lipinski definition) is 3. The van der Waals surface area contributed by atoms with Gasteiger partial charge >= 0.3 is 12.4 Å². The third kappa shape index (κ3) is 4.67. The van der Waals surface area contributed by atoms with E-state index >= 15 is 0 Å². The summed E-state index contributed by atoms with van der Waals surface area (Å²) in [5, 5.41) is 9.01. The Kier molecular flexibility index (Phi) is 5.59. The molecule has 0 bridgehead atoms. The Labute approximate surface area is 184 Å². The molecular formula is C22H18F6N4O. The topological polar surface area (TPSA) is 59.0 Å². The number of aromatic nitrogens is 2. The van der Waals surface area contributed by atoms with Crippen LogP contribution in [0, 0.1) is 6.92 Å². The van der Waals surface area contributed by atoms with Crippen LogP contribution in [0.15, 0.2) is 54.7 Å². The van der Waals surface area contributed by atoms with E-state index in [-0.39, 0.29) is 23.5 Å². The van der Waals surface area contributed by atoms with Crippen LogP contribution in [0.3, 0.4) is 0 Å². The average Bonchev–Trinajstić information content (AvgIpc) is 3.16. The Hall–Kier alpha value is -3.50. The minimum Gasteiger partial charge on any atom is -0.363 e. The molecule has 0 fully saturated rings. The normalized spacial score (nSPS) is 18.4. The van der Waals surface area contributed by atoms with Gasteiger partial charge < -0.3 is 10.6 Å². The molecule has 0 saturated carbocycles. The van der Waals surface area contributed by atoms with Crippen molar-refractivity contribution in [3.8, 4) is 0 Å². The molecule has 1 aromatic heterocycles. The number of carbonyl (C=O) groups is 1. The molecule has 4 rings (SSSR count). The molecule has 0 radical (unpaired) electrons. The largest absolute Gasteiger partial charge is 0.416 e. The molecule has 2 aromatic carbocycles. The molecule has 0 aliphatic carbocycles. The van der Waals surface area contributed by atoms with Crippen LogP contribution in [-0.4, -0.2) is 21.9 Å². The second-order valence-corrected chi connectivity index (χ2v) is 7.78. The van der Waals surface area contributed by atoms with E-state index in [9.17, 15) is 31.1 Å². The lowest BCUT2D eigenvalue weighted by Gasteiger charge is -2.34. The van der Waals surface area contributed by atoms with E-state index in [1.165, 1.54) is 6.07 Å². The van der Waals surface area contributed by atoms with Gasteiger partial charge in [0.2, 0.25) is 0 Å². The van der Waals surface area contributed by atoms with Crippen LogP contribution in [-0.2, 0) is 6.18 Å². The van der Waals surface area contributed by atoms with Crippen molar-refractivity contribution in [1.82, 2.24) is 9.78 Å². The zero-order valence-corrected chi connectivity index (χ0v) is 17.1. The fourth-order valence-corrected chi connectivity index (χ4v) is 3.72. The molecular weight excluding hydrogens is 450 g/mol. The fraction of sp³-hybridized carbons (Fsp3) is 0.273. The Morgan fingerprint density at radius 2 is 1.79 bits per heavy atom. The monoisotopic (exact) mass is 468 g/mol. The number of nitrogens with zero attached hydrogens (tertiary/aromatic N) is 2. The number of anilines is 2. The maximum absolute atomic E-state index is 13.8. The van der Waals surface area contributed by atoms with E-state index < -0.39 is 35.9 Å². The summed E-state index contributed by atoms with van der Waals surface area (Å²) in [5.74, 6) is -1.04. The molecule has 1 aliphatic rings. The van der Waals surface area contributed by atoms with E-state index in [2.05, 4.69) is 15.7 Å². The van der Waals surface area contributed by atoms with Gasteiger partial charge in [-0.25, -0.2) is 4.68 Å². The van der Waals surface area contributed by atoms with E-state index in [1.54, 1.807) is 24.3 Å². The Balaban J connectivity index is 1.67. The Morgan fingerprint density at radius 3 is 2.42 bits per heavy atom. The summed E-state index contributed by atoms with van der Waals surface area (Å²) in [7, 11) is 0. The van der Waals surface area contributed by atoms with Crippen LogP contribution >= 0.6 is 0 Å². The molecule has 5 nitrogen and oxygen atoms in total. The van der Waals surface area contributed by atoms with Crippen molar-refractivity contribution in [3.63, 3.8) is 0 Å². The highest BCUT2D eigenvalue weighted by Crippen LogP contribution is 2.44. The highest BCUT2D eigenvalue weighted by molar-refractivity contribution is 6.07. The second kappa shape index (κ2) is 8.13. The first-order valence-corrected chi connectivity index (χ1v) is 9.89. The van der Waals surface area contributed by atoms with Gasteiger partial charge in [0.25, 0.3) is 5.91 Å². The lowest BCUT2D eigenvalue weighted by atomic mass is 9.96. The van der Waals surface area contributed by atoms with Crippen molar-refractivity contribution >= 4 is 17.4 Å². The van der Waals surface area contributed by atoms with Crippen LogP contribution in [0.5, 0.6) is 0 Å². The summed E-state index contributed by atoms with van der Waals surface area (Å²) in [6, 6.07) is 8.19. The quantitative estimate of drug-likeness (QED) is 0.455. The van der Waals surface area contributed by atoms with Crippen LogP contribution in [0.4, 0.5) is 37.8 Å². The number of halogens is 6. The number of nitrogens with one attached hydrogen (secondary N) is 2. The molecule has 174 valence electrons. The summed E-state index contributed by atoms with van der Waals surface area (Å²) in [5.41, 5.74) is 0.221. The maximum atomic E-state index is 13.8. The first kappa shape index (κ1) is 22.7. The predicted octanol–water partition coefficient (Wildman–Crippen LogP) is 6.12. The lowest BCUT2D eigenvalue weighted by Crippen LogP contribution is -2.36. The van der Waals surface area contributed by atoms with Crippen molar-refractivity contribution in [2.75, 3.05) is 10.6 Å². The summed E-state index contributed by atoms with van der Waals surface area (Å²) < 4.78 is 80.9. The number of rotatable bonds is 3. The zero-order valence-electron chi connectivity index (χ0n) is 17.1. The third-order valence-electron chi connectivity index (χ3n) is 5.41. The van der Waals surface area contributed by atoms with Gasteiger partial charge in [-0.2, -0.15) is 31.4 Å². The molecule has 2 N–H and O–H groups in total. The summed E-state index contributed by atoms with van der Waals surface area (Å²) >= 11 is 0. The number of benzene rings is 2. The van der Waals surface area contributed by atoms with Crippen molar-refractivity contribution in [2.24, 2.45) is 0 Å². The number of carbonyl (C=O) groups excluding carboxylic acids is 1. The zero-order chi connectivity index (χ0) is 24.0. The van der Waals surface area contributed by atoms with Crippen molar-refractivity contribution < 1.29 is 31.1 Å². The SMILES string of the molecule is Cc1ccc(C2CC(C(F)(F)F)n3ncc(C(=O)Nc4cccc(C(F)(F)F)c4)c3N2)cc1. The minimum absolute atomic E-state index is 0.145. The smallest absolute Gasteiger partial charge is 0.363 e. The van der Waals surface area contributed by atoms with Gasteiger partial charge in [-0.15, -0.1) is 0 Å². The molecule has 1 aliphatic heterocycles. The molecule has 2 atom stereocenters. The first-order chi connectivity index (χ1) is 15.4. The van der Waals surface area contributed by atoms with E-state index in [4.69, 9.17) is 0 Å². The minimum atomic E-state index is -4.62. The Bertz CT molecular complexity index is 1170. The summed E-state index contributed by atoms with van der Waals surface area (Å²) in [6.45, 7) is 1.85. The van der Waals surface area contributed by atoms with Crippen LogP contribution in [0.1, 0.15) is 45.6 Å².